The van der Waals surface area contributed by atoms with Gasteiger partial charge in [-0.25, -0.2) is 0 Å². The van der Waals surface area contributed by atoms with Crippen molar-refractivity contribution in [2.45, 2.75) is 45.3 Å². The van der Waals surface area contributed by atoms with Crippen molar-refractivity contribution >= 4 is 5.91 Å². The number of amides is 1. The lowest BCUT2D eigenvalue weighted by atomic mass is 9.97. The average Bonchev–Trinajstić information content (AvgIpc) is 3.38. The highest BCUT2D eigenvalue weighted by atomic mass is 16.6. The maximum atomic E-state index is 12.4. The monoisotopic (exact) mass is 317 g/mol. The van der Waals surface area contributed by atoms with E-state index in [-0.39, 0.29) is 11.9 Å². The van der Waals surface area contributed by atoms with Gasteiger partial charge in [-0.05, 0) is 42.2 Å². The quantitative estimate of drug-likeness (QED) is 0.877. The van der Waals surface area contributed by atoms with Crippen LogP contribution in [0.25, 0.3) is 0 Å². The van der Waals surface area contributed by atoms with Crippen molar-refractivity contribution in [1.29, 1.82) is 0 Å². The molecule has 2 atom stereocenters. The van der Waals surface area contributed by atoms with Gasteiger partial charge in [-0.2, -0.15) is 0 Å². The number of benzene rings is 1. The van der Waals surface area contributed by atoms with Crippen molar-refractivity contribution in [2.24, 2.45) is 11.8 Å². The Labute approximate surface area is 138 Å². The van der Waals surface area contributed by atoms with Gasteiger partial charge in [0.05, 0.1) is 25.9 Å². The van der Waals surface area contributed by atoms with E-state index in [4.69, 9.17) is 9.47 Å². The zero-order valence-corrected chi connectivity index (χ0v) is 14.1. The van der Waals surface area contributed by atoms with Crippen LogP contribution < -0.4 is 5.32 Å². The van der Waals surface area contributed by atoms with E-state index < -0.39 is 6.10 Å². The number of hydrogen-bond donors (Lipinski definition) is 1. The van der Waals surface area contributed by atoms with Crippen LogP contribution in [0.4, 0.5) is 0 Å². The van der Waals surface area contributed by atoms with Gasteiger partial charge in [-0.15, -0.1) is 0 Å². The molecule has 2 fully saturated rings. The van der Waals surface area contributed by atoms with Crippen LogP contribution in [0.3, 0.4) is 0 Å². The Bertz CT molecular complexity index is 516. The second-order valence-electron chi connectivity index (χ2n) is 7.10. The lowest BCUT2D eigenvalue weighted by molar-refractivity contribution is -0.148. The Morgan fingerprint density at radius 2 is 1.96 bits per heavy atom. The third-order valence-corrected chi connectivity index (χ3v) is 4.48. The van der Waals surface area contributed by atoms with E-state index in [0.717, 1.165) is 6.42 Å². The van der Waals surface area contributed by atoms with E-state index >= 15 is 0 Å². The molecular weight excluding hydrogens is 290 g/mol. The first kappa shape index (κ1) is 16.5. The standard InChI is InChI=1S/C19H27NO3/c1-13(2)11-14-3-5-15(6-4-14)18(16-7-8-16)20-19(21)17-12-22-9-10-23-17/h3-6,13,16-18H,7-12H2,1-2H3,(H,20,21). The van der Waals surface area contributed by atoms with E-state index in [0.29, 0.717) is 31.7 Å². The second-order valence-corrected chi connectivity index (χ2v) is 7.10. The Hall–Kier alpha value is -1.39. The zero-order chi connectivity index (χ0) is 16.2. The number of rotatable bonds is 6. The maximum absolute atomic E-state index is 12.4. The molecule has 4 heteroatoms. The molecule has 2 aliphatic rings. The Kier molecular flexibility index (Phi) is 5.34. The summed E-state index contributed by atoms with van der Waals surface area (Å²) in [7, 11) is 0. The SMILES string of the molecule is CC(C)Cc1ccc(C(NC(=O)C2COCCO2)C2CC2)cc1. The van der Waals surface area contributed by atoms with Gasteiger partial charge in [0.2, 0.25) is 0 Å². The lowest BCUT2D eigenvalue weighted by Crippen LogP contribution is -2.44. The van der Waals surface area contributed by atoms with E-state index in [1.54, 1.807) is 0 Å². The molecule has 0 bridgehead atoms. The molecule has 2 unspecified atom stereocenters. The summed E-state index contributed by atoms with van der Waals surface area (Å²) in [5, 5.41) is 3.18. The molecular formula is C19H27NO3. The molecule has 0 spiro atoms. The van der Waals surface area contributed by atoms with Crippen molar-refractivity contribution < 1.29 is 14.3 Å². The highest BCUT2D eigenvalue weighted by Crippen LogP contribution is 2.41. The second kappa shape index (κ2) is 7.45. The third-order valence-electron chi connectivity index (χ3n) is 4.48. The fraction of sp³-hybridized carbons (Fsp3) is 0.632. The van der Waals surface area contributed by atoms with Crippen LogP contribution in [0, 0.1) is 11.8 Å². The molecule has 1 N–H and O–H groups in total. The van der Waals surface area contributed by atoms with Gasteiger partial charge in [-0.3, -0.25) is 4.79 Å². The molecule has 1 aliphatic heterocycles. The molecule has 0 radical (unpaired) electrons. The van der Waals surface area contributed by atoms with Gasteiger partial charge in [0, 0.05) is 0 Å². The van der Waals surface area contributed by atoms with Crippen molar-refractivity contribution in [3.63, 3.8) is 0 Å². The first-order valence-electron chi connectivity index (χ1n) is 8.72. The number of carbonyl (C=O) groups excluding carboxylic acids is 1. The van der Waals surface area contributed by atoms with Gasteiger partial charge in [0.15, 0.2) is 6.10 Å². The first-order chi connectivity index (χ1) is 11.1. The van der Waals surface area contributed by atoms with Gasteiger partial charge in [0.1, 0.15) is 0 Å². The average molecular weight is 317 g/mol. The molecule has 1 aliphatic carbocycles. The normalized spacial score (nSPS) is 22.8. The van der Waals surface area contributed by atoms with Crippen LogP contribution in [-0.2, 0) is 20.7 Å². The highest BCUT2D eigenvalue weighted by molar-refractivity contribution is 5.81. The molecule has 126 valence electrons. The summed E-state index contributed by atoms with van der Waals surface area (Å²) < 4.78 is 10.8. The fourth-order valence-corrected chi connectivity index (χ4v) is 3.12. The summed E-state index contributed by atoms with van der Waals surface area (Å²) >= 11 is 0. The minimum atomic E-state index is -0.467. The smallest absolute Gasteiger partial charge is 0.252 e. The largest absolute Gasteiger partial charge is 0.376 e. The van der Waals surface area contributed by atoms with Crippen LogP contribution in [0.5, 0.6) is 0 Å². The van der Waals surface area contributed by atoms with Crippen LogP contribution in [0.1, 0.15) is 43.9 Å². The highest BCUT2D eigenvalue weighted by Gasteiger charge is 2.35. The molecule has 3 rings (SSSR count). The predicted octanol–water partition coefficient (Wildman–Crippen LogP) is 2.87. The number of ether oxygens (including phenoxy) is 2. The number of nitrogens with one attached hydrogen (secondary N) is 1. The Balaban J connectivity index is 1.65. The summed E-state index contributed by atoms with van der Waals surface area (Å²) in [5.41, 5.74) is 2.55. The summed E-state index contributed by atoms with van der Waals surface area (Å²) in [6.45, 7) is 5.89. The number of carbonyl (C=O) groups is 1. The van der Waals surface area contributed by atoms with Crippen LogP contribution >= 0.6 is 0 Å². The topological polar surface area (TPSA) is 47.6 Å². The van der Waals surface area contributed by atoms with E-state index in [2.05, 4.69) is 43.4 Å². The van der Waals surface area contributed by atoms with Crippen LogP contribution in [0.15, 0.2) is 24.3 Å². The van der Waals surface area contributed by atoms with Crippen LogP contribution in [-0.4, -0.2) is 31.8 Å². The molecule has 4 nitrogen and oxygen atoms in total. The molecule has 23 heavy (non-hydrogen) atoms. The summed E-state index contributed by atoms with van der Waals surface area (Å²) in [4.78, 5) is 12.4. The van der Waals surface area contributed by atoms with Crippen molar-refractivity contribution in [2.75, 3.05) is 19.8 Å². The molecule has 1 saturated carbocycles. The third kappa shape index (κ3) is 4.55. The van der Waals surface area contributed by atoms with Crippen molar-refractivity contribution in [3.05, 3.63) is 35.4 Å². The minimum absolute atomic E-state index is 0.0483. The first-order valence-corrected chi connectivity index (χ1v) is 8.72. The minimum Gasteiger partial charge on any atom is -0.376 e. The van der Waals surface area contributed by atoms with Gasteiger partial charge in [-0.1, -0.05) is 38.1 Å². The summed E-state index contributed by atoms with van der Waals surface area (Å²) in [6, 6.07) is 8.81. The summed E-state index contributed by atoms with van der Waals surface area (Å²) in [6.07, 6.45) is 2.99. The molecule has 1 aromatic rings. The van der Waals surface area contributed by atoms with Crippen LogP contribution in [0.2, 0.25) is 0 Å². The van der Waals surface area contributed by atoms with E-state index in [1.165, 1.54) is 24.0 Å². The Morgan fingerprint density at radius 1 is 1.22 bits per heavy atom. The fourth-order valence-electron chi connectivity index (χ4n) is 3.12. The van der Waals surface area contributed by atoms with E-state index in [9.17, 15) is 4.79 Å². The molecule has 1 saturated heterocycles. The lowest BCUT2D eigenvalue weighted by Gasteiger charge is -2.26. The number of hydrogen-bond acceptors (Lipinski definition) is 3. The van der Waals surface area contributed by atoms with E-state index in [1.807, 2.05) is 0 Å². The predicted molar refractivity (Wildman–Crippen MR) is 89.2 cm³/mol. The maximum Gasteiger partial charge on any atom is 0.252 e. The van der Waals surface area contributed by atoms with Gasteiger partial charge >= 0.3 is 0 Å². The van der Waals surface area contributed by atoms with Gasteiger partial charge in [0.25, 0.3) is 5.91 Å². The molecule has 1 aromatic carbocycles. The molecule has 0 aromatic heterocycles. The molecule has 1 amide bonds. The summed E-state index contributed by atoms with van der Waals surface area (Å²) in [5.74, 6) is 1.16. The Morgan fingerprint density at radius 3 is 2.52 bits per heavy atom. The molecule has 1 heterocycles. The van der Waals surface area contributed by atoms with Crippen molar-refractivity contribution in [1.82, 2.24) is 5.32 Å². The van der Waals surface area contributed by atoms with Gasteiger partial charge < -0.3 is 14.8 Å². The zero-order valence-electron chi connectivity index (χ0n) is 14.1. The van der Waals surface area contributed by atoms with Crippen molar-refractivity contribution in [3.8, 4) is 0 Å².